The molecular weight excluding hydrogens is 201 g/mol. The topological polar surface area (TPSA) is 46.5 Å². The van der Waals surface area contributed by atoms with Crippen LogP contribution in [-0.2, 0) is 9.53 Å². The van der Waals surface area contributed by atoms with E-state index in [1.807, 2.05) is 0 Å². The summed E-state index contributed by atoms with van der Waals surface area (Å²) in [7, 11) is 0. The van der Waals surface area contributed by atoms with Crippen LogP contribution in [0.3, 0.4) is 0 Å². The van der Waals surface area contributed by atoms with E-state index in [2.05, 4.69) is 4.74 Å². The fourth-order valence-electron chi connectivity index (χ4n) is 1.25. The van der Waals surface area contributed by atoms with Gasteiger partial charge in [0, 0.05) is 5.41 Å². The van der Waals surface area contributed by atoms with Gasteiger partial charge in [0.2, 0.25) is 0 Å². The lowest BCUT2D eigenvalue weighted by molar-refractivity contribution is -0.178. The third kappa shape index (κ3) is 3.95. The molecule has 3 nitrogen and oxygen atoms in total. The van der Waals surface area contributed by atoms with Gasteiger partial charge in [0.05, 0.1) is 13.0 Å². The molecule has 0 aliphatic heterocycles. The van der Waals surface area contributed by atoms with Crippen molar-refractivity contribution in [3.63, 3.8) is 0 Å². The number of ether oxygens (including phenoxy) is 1. The first-order valence-corrected chi connectivity index (χ1v) is 4.19. The summed E-state index contributed by atoms with van der Waals surface area (Å²) in [4.78, 5) is 10.3. The first-order chi connectivity index (χ1) is 6.33. The zero-order chi connectivity index (χ0) is 10.8. The van der Waals surface area contributed by atoms with E-state index in [1.54, 1.807) is 0 Å². The van der Waals surface area contributed by atoms with Crippen LogP contribution in [0, 0.1) is 5.41 Å². The Morgan fingerprint density at radius 3 is 2.36 bits per heavy atom. The van der Waals surface area contributed by atoms with Crippen LogP contribution < -0.4 is 0 Å². The van der Waals surface area contributed by atoms with Crippen LogP contribution in [0.2, 0.25) is 0 Å². The number of aliphatic carboxylic acids is 1. The molecule has 0 bridgehead atoms. The van der Waals surface area contributed by atoms with E-state index in [0.717, 1.165) is 0 Å². The molecule has 1 N–H and O–H groups in total. The van der Waals surface area contributed by atoms with Gasteiger partial charge in [0.1, 0.15) is 6.61 Å². The van der Waals surface area contributed by atoms with Crippen LogP contribution in [0.4, 0.5) is 13.2 Å². The molecule has 1 rings (SSSR count). The number of hydrogen-bond acceptors (Lipinski definition) is 2. The van der Waals surface area contributed by atoms with Crippen molar-refractivity contribution in [2.45, 2.75) is 25.4 Å². The number of rotatable bonds is 5. The number of halogens is 3. The summed E-state index contributed by atoms with van der Waals surface area (Å²) in [6.45, 7) is -1.41. The summed E-state index contributed by atoms with van der Waals surface area (Å²) >= 11 is 0. The minimum Gasteiger partial charge on any atom is -0.481 e. The van der Waals surface area contributed by atoms with Crippen molar-refractivity contribution < 1.29 is 27.8 Å². The zero-order valence-corrected chi connectivity index (χ0v) is 7.43. The van der Waals surface area contributed by atoms with Gasteiger partial charge < -0.3 is 9.84 Å². The number of carboxylic acid groups (broad SMARTS) is 1. The minimum absolute atomic E-state index is 0.106. The molecule has 0 radical (unpaired) electrons. The van der Waals surface area contributed by atoms with Gasteiger partial charge in [-0.3, -0.25) is 4.79 Å². The largest absolute Gasteiger partial charge is 0.481 e. The Balaban J connectivity index is 2.21. The van der Waals surface area contributed by atoms with Crippen molar-refractivity contribution in [2.75, 3.05) is 13.2 Å². The monoisotopic (exact) mass is 212 g/mol. The Morgan fingerprint density at radius 1 is 1.43 bits per heavy atom. The Labute approximate surface area is 78.9 Å². The number of carbonyl (C=O) groups is 1. The number of carboxylic acids is 1. The van der Waals surface area contributed by atoms with Crippen molar-refractivity contribution in [1.82, 2.24) is 0 Å². The van der Waals surface area contributed by atoms with Crippen molar-refractivity contribution in [1.29, 1.82) is 0 Å². The molecular formula is C8H11F3O3. The third-order valence-corrected chi connectivity index (χ3v) is 2.16. The van der Waals surface area contributed by atoms with Gasteiger partial charge in [0.25, 0.3) is 0 Å². The molecule has 1 fully saturated rings. The summed E-state index contributed by atoms with van der Waals surface area (Å²) < 4.78 is 39.5. The molecule has 1 saturated carbocycles. The van der Waals surface area contributed by atoms with E-state index >= 15 is 0 Å². The summed E-state index contributed by atoms with van der Waals surface area (Å²) in [5.74, 6) is -0.988. The molecule has 0 atom stereocenters. The number of hydrogen-bond donors (Lipinski definition) is 1. The summed E-state index contributed by atoms with van der Waals surface area (Å²) in [5.41, 5.74) is -0.531. The molecule has 0 saturated heterocycles. The van der Waals surface area contributed by atoms with Crippen LogP contribution in [0.25, 0.3) is 0 Å². The average molecular weight is 212 g/mol. The second kappa shape index (κ2) is 3.76. The molecule has 0 amide bonds. The highest BCUT2D eigenvalue weighted by molar-refractivity contribution is 5.68. The lowest BCUT2D eigenvalue weighted by Crippen LogP contribution is -2.22. The van der Waals surface area contributed by atoms with Gasteiger partial charge >= 0.3 is 12.1 Å². The maximum absolute atomic E-state index is 11.7. The highest BCUT2D eigenvalue weighted by atomic mass is 19.4. The molecule has 0 aromatic heterocycles. The molecule has 0 spiro atoms. The van der Waals surface area contributed by atoms with Crippen LogP contribution in [0.15, 0.2) is 0 Å². The zero-order valence-electron chi connectivity index (χ0n) is 7.43. The molecule has 82 valence electrons. The molecule has 0 aromatic carbocycles. The highest BCUT2D eigenvalue weighted by Gasteiger charge is 2.45. The van der Waals surface area contributed by atoms with E-state index in [-0.39, 0.29) is 13.0 Å². The first kappa shape index (κ1) is 11.3. The smallest absolute Gasteiger partial charge is 0.411 e. The Hall–Kier alpha value is -0.780. The van der Waals surface area contributed by atoms with Crippen molar-refractivity contribution in [2.24, 2.45) is 5.41 Å². The van der Waals surface area contributed by atoms with E-state index in [0.29, 0.717) is 12.8 Å². The van der Waals surface area contributed by atoms with Gasteiger partial charge in [0.15, 0.2) is 0 Å². The van der Waals surface area contributed by atoms with Gasteiger partial charge in [-0.05, 0) is 12.8 Å². The van der Waals surface area contributed by atoms with Crippen LogP contribution in [-0.4, -0.2) is 30.5 Å². The SMILES string of the molecule is O=C(O)CC1(COCC(F)(F)F)CC1. The molecule has 6 heteroatoms. The molecule has 14 heavy (non-hydrogen) atoms. The Kier molecular flexibility index (Phi) is 3.04. The maximum atomic E-state index is 11.7. The first-order valence-electron chi connectivity index (χ1n) is 4.19. The molecule has 1 aliphatic rings. The Morgan fingerprint density at radius 2 is 2.00 bits per heavy atom. The summed E-state index contributed by atoms with van der Waals surface area (Å²) in [6, 6.07) is 0. The van der Waals surface area contributed by atoms with Gasteiger partial charge in [-0.15, -0.1) is 0 Å². The van der Waals surface area contributed by atoms with E-state index in [4.69, 9.17) is 5.11 Å². The lowest BCUT2D eigenvalue weighted by atomic mass is 10.0. The number of alkyl halides is 3. The lowest BCUT2D eigenvalue weighted by Gasteiger charge is -2.13. The Bertz CT molecular complexity index is 220. The van der Waals surface area contributed by atoms with E-state index in [9.17, 15) is 18.0 Å². The normalized spacial score (nSPS) is 19.4. The van der Waals surface area contributed by atoms with Crippen molar-refractivity contribution in [3.05, 3.63) is 0 Å². The van der Waals surface area contributed by atoms with E-state index in [1.165, 1.54) is 0 Å². The van der Waals surface area contributed by atoms with Crippen LogP contribution >= 0.6 is 0 Å². The molecule has 0 unspecified atom stereocenters. The fourth-order valence-corrected chi connectivity index (χ4v) is 1.25. The summed E-state index contributed by atoms with van der Waals surface area (Å²) in [6.07, 6.45) is -3.17. The van der Waals surface area contributed by atoms with Crippen molar-refractivity contribution >= 4 is 5.97 Å². The molecule has 1 aliphatic carbocycles. The highest BCUT2D eigenvalue weighted by Crippen LogP contribution is 2.49. The van der Waals surface area contributed by atoms with E-state index < -0.39 is 24.2 Å². The second-order valence-electron chi connectivity index (χ2n) is 3.68. The standard InChI is InChI=1S/C8H11F3O3/c9-8(10,11)5-14-4-7(1-2-7)3-6(12)13/h1-5H2,(H,12,13). The maximum Gasteiger partial charge on any atom is 0.411 e. The predicted molar refractivity (Wildman–Crippen MR) is 40.8 cm³/mol. The predicted octanol–water partition coefficient (Wildman–Crippen LogP) is 1.82. The minimum atomic E-state index is -4.33. The quantitative estimate of drug-likeness (QED) is 0.756. The van der Waals surface area contributed by atoms with Gasteiger partial charge in [-0.2, -0.15) is 13.2 Å². The molecule has 0 aromatic rings. The van der Waals surface area contributed by atoms with Gasteiger partial charge in [-0.25, -0.2) is 0 Å². The molecule has 0 heterocycles. The third-order valence-electron chi connectivity index (χ3n) is 2.16. The fraction of sp³-hybridized carbons (Fsp3) is 0.875. The van der Waals surface area contributed by atoms with Crippen LogP contribution in [0.5, 0.6) is 0 Å². The van der Waals surface area contributed by atoms with Crippen molar-refractivity contribution in [3.8, 4) is 0 Å². The van der Waals surface area contributed by atoms with Gasteiger partial charge in [-0.1, -0.05) is 0 Å². The second-order valence-corrected chi connectivity index (χ2v) is 3.68. The van der Waals surface area contributed by atoms with Crippen LogP contribution in [0.1, 0.15) is 19.3 Å². The summed E-state index contributed by atoms with van der Waals surface area (Å²) in [5, 5.41) is 8.47. The average Bonchev–Trinajstić information content (AvgIpc) is 2.64.